The number of rotatable bonds is 12. The molecule has 1 unspecified atom stereocenters. The number of carbonyl (C=O) groups is 2. The Labute approximate surface area is 232 Å². The summed E-state index contributed by atoms with van der Waals surface area (Å²) in [5, 5.41) is 19.6. The molecule has 12 nitrogen and oxygen atoms in total. The molecule has 0 aliphatic carbocycles. The third-order valence-electron chi connectivity index (χ3n) is 5.49. The summed E-state index contributed by atoms with van der Waals surface area (Å²) >= 11 is 0. The van der Waals surface area contributed by atoms with E-state index in [4.69, 9.17) is 0 Å². The summed E-state index contributed by atoms with van der Waals surface area (Å²) in [5.74, 6) is -3.69. The fraction of sp³-hybridized carbons (Fsp3) is 0.292. The molecule has 1 aromatic carbocycles. The Morgan fingerprint density at radius 3 is 2.57 bits per heavy atom. The molecule has 4 rings (SSSR count). The summed E-state index contributed by atoms with van der Waals surface area (Å²) in [6.45, 7) is -0.366. The first-order chi connectivity index (χ1) is 19.9. The molecular formula is C24H21F6N9O3. The van der Waals surface area contributed by atoms with Gasteiger partial charge in [0, 0.05) is 24.7 Å². The number of anilines is 1. The van der Waals surface area contributed by atoms with E-state index in [-0.39, 0.29) is 48.8 Å². The number of hydrogen-bond acceptors (Lipinski definition) is 8. The Balaban J connectivity index is 1.22. The number of aromatic nitrogens is 7. The average Bonchev–Trinajstić information content (AvgIpc) is 3.57. The van der Waals surface area contributed by atoms with E-state index < -0.39 is 48.2 Å². The molecule has 0 bridgehead atoms. The highest BCUT2D eigenvalue weighted by atomic mass is 19.4. The van der Waals surface area contributed by atoms with E-state index in [1.807, 2.05) is 0 Å². The maximum atomic E-state index is 14.6. The molecule has 4 aromatic rings. The fourth-order valence-corrected chi connectivity index (χ4v) is 3.57. The van der Waals surface area contributed by atoms with Crippen molar-refractivity contribution < 1.29 is 40.7 Å². The van der Waals surface area contributed by atoms with Crippen molar-refractivity contribution in [3.8, 4) is 5.75 Å². The molecule has 18 heteroatoms. The Morgan fingerprint density at radius 2 is 1.81 bits per heavy atom. The molecule has 0 spiro atoms. The first kappa shape index (κ1) is 29.9. The molecule has 0 radical (unpaired) electrons. The van der Waals surface area contributed by atoms with Gasteiger partial charge in [0.05, 0.1) is 37.6 Å². The van der Waals surface area contributed by atoms with Gasteiger partial charge in [0.15, 0.2) is 11.5 Å². The van der Waals surface area contributed by atoms with E-state index in [1.165, 1.54) is 35.4 Å². The van der Waals surface area contributed by atoms with Crippen LogP contribution < -0.4 is 15.4 Å². The van der Waals surface area contributed by atoms with Crippen LogP contribution in [0.3, 0.4) is 0 Å². The van der Waals surface area contributed by atoms with Crippen LogP contribution in [-0.2, 0) is 30.8 Å². The van der Waals surface area contributed by atoms with Crippen LogP contribution in [0.25, 0.3) is 0 Å². The van der Waals surface area contributed by atoms with E-state index in [2.05, 4.69) is 41.0 Å². The smallest absolute Gasteiger partial charge is 0.406 e. The number of aryl methyl sites for hydroxylation is 1. The zero-order valence-electron chi connectivity index (χ0n) is 21.4. The van der Waals surface area contributed by atoms with Crippen molar-refractivity contribution in [2.24, 2.45) is 0 Å². The minimum atomic E-state index is -4.98. The van der Waals surface area contributed by atoms with Crippen molar-refractivity contribution in [1.82, 2.24) is 40.3 Å². The SMILES string of the molecule is O=C(Cc1cc(OC(F)(F)F)ccc1F)Nc1cn(CC(F)CCn2cc(C(=O)NCc3ncccc3F)nn2)nn1. The van der Waals surface area contributed by atoms with Crippen LogP contribution in [0.1, 0.15) is 28.2 Å². The fourth-order valence-electron chi connectivity index (χ4n) is 3.57. The molecular weight excluding hydrogens is 576 g/mol. The summed E-state index contributed by atoms with van der Waals surface area (Å²) in [7, 11) is 0. The lowest BCUT2D eigenvalue weighted by Gasteiger charge is -2.10. The Hall–Kier alpha value is -5.03. The predicted octanol–water partition coefficient (Wildman–Crippen LogP) is 2.98. The molecule has 0 saturated heterocycles. The number of alkyl halides is 4. The van der Waals surface area contributed by atoms with Gasteiger partial charge in [-0.25, -0.2) is 17.9 Å². The lowest BCUT2D eigenvalue weighted by atomic mass is 10.1. The number of amides is 2. The van der Waals surface area contributed by atoms with Crippen molar-refractivity contribution >= 4 is 17.6 Å². The minimum Gasteiger partial charge on any atom is -0.406 e. The molecule has 3 heterocycles. The van der Waals surface area contributed by atoms with Gasteiger partial charge in [-0.2, -0.15) is 0 Å². The molecule has 0 aliphatic heterocycles. The van der Waals surface area contributed by atoms with Crippen molar-refractivity contribution in [2.45, 2.75) is 45.0 Å². The van der Waals surface area contributed by atoms with Crippen molar-refractivity contribution in [3.05, 3.63) is 77.5 Å². The highest BCUT2D eigenvalue weighted by Crippen LogP contribution is 2.25. The van der Waals surface area contributed by atoms with E-state index in [0.717, 1.165) is 22.9 Å². The number of hydrogen-bond donors (Lipinski definition) is 2. The van der Waals surface area contributed by atoms with Crippen LogP contribution in [0.4, 0.5) is 32.2 Å². The maximum absolute atomic E-state index is 14.6. The van der Waals surface area contributed by atoms with Gasteiger partial charge >= 0.3 is 6.36 Å². The highest BCUT2D eigenvalue weighted by molar-refractivity contribution is 5.92. The molecule has 42 heavy (non-hydrogen) atoms. The van der Waals surface area contributed by atoms with Gasteiger partial charge in [0.1, 0.15) is 23.6 Å². The Kier molecular flexibility index (Phi) is 9.33. The van der Waals surface area contributed by atoms with E-state index in [9.17, 15) is 35.9 Å². The standard InChI is InChI=1S/C24H21F6N9O3/c25-15(5-7-38-12-20(34-36-38)23(41)32-10-19-18(27)2-1-6-31-19)11-39-13-21(35-37-39)33-22(40)9-14-8-16(3-4-17(14)26)42-24(28,29)30/h1-4,6,8,12-13,15H,5,7,9-11H2,(H,32,41)(H,33,40). The van der Waals surface area contributed by atoms with Crippen LogP contribution in [0.2, 0.25) is 0 Å². The molecule has 3 aromatic heterocycles. The summed E-state index contributed by atoms with van der Waals surface area (Å²) in [5.41, 5.74) is -0.354. The number of nitrogens with zero attached hydrogens (tertiary/aromatic N) is 7. The molecule has 0 aliphatic rings. The zero-order valence-corrected chi connectivity index (χ0v) is 21.4. The average molecular weight is 597 g/mol. The van der Waals surface area contributed by atoms with E-state index >= 15 is 0 Å². The van der Waals surface area contributed by atoms with Crippen LogP contribution in [0, 0.1) is 11.6 Å². The van der Waals surface area contributed by atoms with Gasteiger partial charge in [0.25, 0.3) is 5.91 Å². The number of halogens is 6. The number of benzene rings is 1. The first-order valence-electron chi connectivity index (χ1n) is 12.1. The van der Waals surface area contributed by atoms with Gasteiger partial charge in [-0.3, -0.25) is 19.3 Å². The highest BCUT2D eigenvalue weighted by Gasteiger charge is 2.31. The number of pyridine rings is 1. The number of ether oxygens (including phenoxy) is 1. The molecule has 222 valence electrons. The van der Waals surface area contributed by atoms with Gasteiger partial charge in [0.2, 0.25) is 5.91 Å². The van der Waals surface area contributed by atoms with E-state index in [1.54, 1.807) is 0 Å². The second-order valence-corrected chi connectivity index (χ2v) is 8.72. The third kappa shape index (κ3) is 8.73. The quantitative estimate of drug-likeness (QED) is 0.238. The second kappa shape index (κ2) is 13.1. The van der Waals surface area contributed by atoms with Gasteiger partial charge in [-0.05, 0) is 30.3 Å². The van der Waals surface area contributed by atoms with Gasteiger partial charge < -0.3 is 15.4 Å². The topological polar surface area (TPSA) is 142 Å². The van der Waals surface area contributed by atoms with Crippen molar-refractivity contribution in [2.75, 3.05) is 5.32 Å². The number of nitrogens with one attached hydrogen (secondary N) is 2. The third-order valence-corrected chi connectivity index (χ3v) is 5.49. The van der Waals surface area contributed by atoms with Gasteiger partial charge in [-0.15, -0.1) is 23.4 Å². The minimum absolute atomic E-state index is 0.0491. The molecule has 1 atom stereocenters. The lowest BCUT2D eigenvalue weighted by molar-refractivity contribution is -0.274. The van der Waals surface area contributed by atoms with Crippen molar-refractivity contribution in [3.63, 3.8) is 0 Å². The normalized spacial score (nSPS) is 12.1. The lowest BCUT2D eigenvalue weighted by Crippen LogP contribution is -2.24. The second-order valence-electron chi connectivity index (χ2n) is 8.72. The van der Waals surface area contributed by atoms with E-state index in [0.29, 0.717) is 0 Å². The first-order valence-corrected chi connectivity index (χ1v) is 12.1. The van der Waals surface area contributed by atoms with Crippen LogP contribution in [0.5, 0.6) is 5.75 Å². The summed E-state index contributed by atoms with van der Waals surface area (Å²) in [4.78, 5) is 28.3. The van der Waals surface area contributed by atoms with Crippen LogP contribution in [-0.4, -0.2) is 59.3 Å². The summed E-state index contributed by atoms with van der Waals surface area (Å²) < 4.78 is 85.4. The molecule has 0 saturated carbocycles. The van der Waals surface area contributed by atoms with Crippen LogP contribution >= 0.6 is 0 Å². The van der Waals surface area contributed by atoms with Crippen molar-refractivity contribution in [1.29, 1.82) is 0 Å². The van der Waals surface area contributed by atoms with Gasteiger partial charge in [-0.1, -0.05) is 10.4 Å². The molecule has 2 N–H and O–H groups in total. The Bertz CT molecular complexity index is 1540. The summed E-state index contributed by atoms with van der Waals surface area (Å²) in [6.07, 6.45) is -3.22. The summed E-state index contributed by atoms with van der Waals surface area (Å²) in [6, 6.07) is 4.89. The predicted molar refractivity (Wildman–Crippen MR) is 130 cm³/mol. The molecule has 0 fully saturated rings. The maximum Gasteiger partial charge on any atom is 0.573 e. The van der Waals surface area contributed by atoms with Crippen LogP contribution in [0.15, 0.2) is 48.9 Å². The molecule has 2 amide bonds. The zero-order chi connectivity index (χ0) is 30.3. The monoisotopic (exact) mass is 597 g/mol. The number of carbonyl (C=O) groups excluding carboxylic acids is 2. The largest absolute Gasteiger partial charge is 0.573 e. The Morgan fingerprint density at radius 1 is 1.02 bits per heavy atom.